The van der Waals surface area contributed by atoms with E-state index in [0.717, 1.165) is 12.8 Å². The Morgan fingerprint density at radius 2 is 2.33 bits per heavy atom. The van der Waals surface area contributed by atoms with Crippen molar-refractivity contribution >= 4 is 5.91 Å². The molecule has 0 fully saturated rings. The Bertz CT molecular complexity index is 399. The highest BCUT2D eigenvalue weighted by atomic mass is 16.2. The van der Waals surface area contributed by atoms with Gasteiger partial charge >= 0.3 is 0 Å². The smallest absolute Gasteiger partial charge is 0.285 e. The molecule has 0 bridgehead atoms. The number of hydrogen-bond donors (Lipinski definition) is 2. The van der Waals surface area contributed by atoms with Gasteiger partial charge in [-0.1, -0.05) is 13.3 Å². The van der Waals surface area contributed by atoms with Gasteiger partial charge in [-0.05, 0) is 12.5 Å². The minimum Gasteiger partial charge on any atom is -0.289 e. The second kappa shape index (κ2) is 5.26. The van der Waals surface area contributed by atoms with Gasteiger partial charge in [0.05, 0.1) is 0 Å². The molecule has 0 saturated carbocycles. The topological polar surface area (TPSA) is 90.0 Å². The van der Waals surface area contributed by atoms with E-state index in [2.05, 4.69) is 5.10 Å². The molecule has 0 unspecified atom stereocenters. The van der Waals surface area contributed by atoms with Crippen LogP contribution in [0.25, 0.3) is 0 Å². The minimum atomic E-state index is -0.500. The molecule has 15 heavy (non-hydrogen) atoms. The number of nitrogens with one attached hydrogen (secondary N) is 1. The molecular weight excluding hydrogens is 196 g/mol. The number of aromatic nitrogens is 2. The van der Waals surface area contributed by atoms with E-state index in [1.54, 1.807) is 0 Å². The van der Waals surface area contributed by atoms with E-state index < -0.39 is 5.91 Å². The van der Waals surface area contributed by atoms with Crippen molar-refractivity contribution in [1.29, 1.82) is 0 Å². The molecule has 1 aromatic rings. The standard InChI is InChI=1S/C9H14N4O2/c1-2-3-6-13-8(14)5-4-7(12-13)9(15)11-10/h4-5H,2-3,6,10H2,1H3,(H,11,15). The summed E-state index contributed by atoms with van der Waals surface area (Å²) in [7, 11) is 0. The van der Waals surface area contributed by atoms with Crippen molar-refractivity contribution in [3.63, 3.8) is 0 Å². The van der Waals surface area contributed by atoms with E-state index in [1.807, 2.05) is 12.3 Å². The summed E-state index contributed by atoms with van der Waals surface area (Å²) in [5.74, 6) is 4.47. The van der Waals surface area contributed by atoms with Crippen molar-refractivity contribution in [3.8, 4) is 0 Å². The molecule has 1 heterocycles. The average Bonchev–Trinajstić information content (AvgIpc) is 2.27. The third-order valence-corrected chi connectivity index (χ3v) is 1.95. The molecule has 3 N–H and O–H groups in total. The van der Waals surface area contributed by atoms with E-state index in [-0.39, 0.29) is 11.3 Å². The largest absolute Gasteiger partial charge is 0.289 e. The number of rotatable bonds is 4. The van der Waals surface area contributed by atoms with Crippen LogP contribution in [0, 0.1) is 0 Å². The van der Waals surface area contributed by atoms with Gasteiger partial charge in [0, 0.05) is 12.6 Å². The maximum absolute atomic E-state index is 11.3. The molecule has 6 nitrogen and oxygen atoms in total. The highest BCUT2D eigenvalue weighted by Crippen LogP contribution is 1.93. The number of hydrazine groups is 1. The number of hydrogen-bond acceptors (Lipinski definition) is 4. The van der Waals surface area contributed by atoms with Crippen LogP contribution >= 0.6 is 0 Å². The number of unbranched alkanes of at least 4 members (excludes halogenated alkanes) is 1. The molecule has 1 rings (SSSR count). The summed E-state index contributed by atoms with van der Waals surface area (Å²) in [6, 6.07) is 2.67. The Hall–Kier alpha value is -1.69. The van der Waals surface area contributed by atoms with Crippen LogP contribution in [0.4, 0.5) is 0 Å². The van der Waals surface area contributed by atoms with Crippen molar-refractivity contribution < 1.29 is 4.79 Å². The molecule has 0 saturated heterocycles. The molecule has 0 aromatic carbocycles. The van der Waals surface area contributed by atoms with Crippen molar-refractivity contribution in [2.75, 3.05) is 0 Å². The van der Waals surface area contributed by atoms with Gasteiger partial charge in [0.25, 0.3) is 11.5 Å². The molecule has 82 valence electrons. The lowest BCUT2D eigenvalue weighted by Crippen LogP contribution is -2.33. The lowest BCUT2D eigenvalue weighted by molar-refractivity contribution is 0.0946. The predicted octanol–water partition coefficient (Wildman–Crippen LogP) is -0.353. The number of nitrogens with zero attached hydrogens (tertiary/aromatic N) is 2. The molecule has 0 aliphatic carbocycles. The first-order valence-electron chi connectivity index (χ1n) is 4.78. The van der Waals surface area contributed by atoms with Crippen LogP contribution in [0.5, 0.6) is 0 Å². The van der Waals surface area contributed by atoms with Crippen LogP contribution in [0.3, 0.4) is 0 Å². The third-order valence-electron chi connectivity index (χ3n) is 1.95. The van der Waals surface area contributed by atoms with Gasteiger partial charge in [-0.25, -0.2) is 10.5 Å². The highest BCUT2D eigenvalue weighted by Gasteiger charge is 2.07. The maximum atomic E-state index is 11.3. The zero-order chi connectivity index (χ0) is 11.3. The number of carbonyl (C=O) groups is 1. The summed E-state index contributed by atoms with van der Waals surface area (Å²) in [4.78, 5) is 22.5. The van der Waals surface area contributed by atoms with Crippen LogP contribution in [0.2, 0.25) is 0 Å². The second-order valence-corrected chi connectivity index (χ2v) is 3.11. The first kappa shape index (κ1) is 11.4. The van der Waals surface area contributed by atoms with Crippen molar-refractivity contribution in [1.82, 2.24) is 15.2 Å². The maximum Gasteiger partial charge on any atom is 0.285 e. The molecular formula is C9H14N4O2. The fourth-order valence-corrected chi connectivity index (χ4v) is 1.11. The molecule has 0 spiro atoms. The summed E-state index contributed by atoms with van der Waals surface area (Å²) in [5.41, 5.74) is 1.90. The number of aryl methyl sites for hydroxylation is 1. The number of carbonyl (C=O) groups excluding carboxylic acids is 1. The van der Waals surface area contributed by atoms with Crippen LogP contribution in [0.15, 0.2) is 16.9 Å². The monoisotopic (exact) mass is 210 g/mol. The molecule has 0 aliphatic heterocycles. The molecule has 0 atom stereocenters. The van der Waals surface area contributed by atoms with Gasteiger partial charge in [0.2, 0.25) is 0 Å². The van der Waals surface area contributed by atoms with Gasteiger partial charge in [0.15, 0.2) is 0 Å². The molecule has 6 heteroatoms. The van der Waals surface area contributed by atoms with E-state index in [0.29, 0.717) is 6.54 Å². The SMILES string of the molecule is CCCCn1nc(C(=O)NN)ccc1=O. The van der Waals surface area contributed by atoms with Gasteiger partial charge < -0.3 is 0 Å². The molecule has 1 aromatic heterocycles. The summed E-state index contributed by atoms with van der Waals surface area (Å²) >= 11 is 0. The average molecular weight is 210 g/mol. The Balaban J connectivity index is 2.95. The highest BCUT2D eigenvalue weighted by molar-refractivity contribution is 5.91. The van der Waals surface area contributed by atoms with E-state index in [4.69, 9.17) is 5.84 Å². The predicted molar refractivity (Wildman–Crippen MR) is 55.1 cm³/mol. The van der Waals surface area contributed by atoms with Gasteiger partial charge in [-0.3, -0.25) is 15.0 Å². The summed E-state index contributed by atoms with van der Waals surface area (Å²) in [6.07, 6.45) is 1.81. The van der Waals surface area contributed by atoms with Crippen molar-refractivity contribution in [2.24, 2.45) is 5.84 Å². The van der Waals surface area contributed by atoms with Gasteiger partial charge in [-0.15, -0.1) is 0 Å². The lowest BCUT2D eigenvalue weighted by atomic mass is 10.3. The van der Waals surface area contributed by atoms with Crippen LogP contribution in [-0.2, 0) is 6.54 Å². The first-order valence-corrected chi connectivity index (χ1v) is 4.78. The minimum absolute atomic E-state index is 0.146. The fourth-order valence-electron chi connectivity index (χ4n) is 1.11. The summed E-state index contributed by atoms with van der Waals surface area (Å²) < 4.78 is 1.27. The van der Waals surface area contributed by atoms with Crippen molar-refractivity contribution in [2.45, 2.75) is 26.3 Å². The Kier molecular flexibility index (Phi) is 3.99. The summed E-state index contributed by atoms with van der Waals surface area (Å²) in [6.45, 7) is 2.53. The number of nitrogen functional groups attached to an aromatic ring is 1. The van der Waals surface area contributed by atoms with E-state index in [9.17, 15) is 9.59 Å². The Labute approximate surface area is 87.1 Å². The van der Waals surface area contributed by atoms with Crippen LogP contribution in [-0.4, -0.2) is 15.7 Å². The van der Waals surface area contributed by atoms with Crippen LogP contribution in [0.1, 0.15) is 30.3 Å². The normalized spacial score (nSPS) is 10.0. The van der Waals surface area contributed by atoms with Gasteiger partial charge in [0.1, 0.15) is 5.69 Å². The summed E-state index contributed by atoms with van der Waals surface area (Å²) in [5, 5.41) is 3.89. The fraction of sp³-hybridized carbons (Fsp3) is 0.444. The zero-order valence-corrected chi connectivity index (χ0v) is 8.56. The first-order chi connectivity index (χ1) is 7.19. The lowest BCUT2D eigenvalue weighted by Gasteiger charge is -2.04. The molecule has 0 aliphatic rings. The van der Waals surface area contributed by atoms with E-state index in [1.165, 1.54) is 16.8 Å². The number of amides is 1. The molecule has 0 radical (unpaired) electrons. The quantitative estimate of drug-likeness (QED) is 0.403. The van der Waals surface area contributed by atoms with E-state index >= 15 is 0 Å². The van der Waals surface area contributed by atoms with Gasteiger partial charge in [-0.2, -0.15) is 5.10 Å². The third kappa shape index (κ3) is 2.88. The van der Waals surface area contributed by atoms with Crippen molar-refractivity contribution in [3.05, 3.63) is 28.2 Å². The Morgan fingerprint density at radius 3 is 2.93 bits per heavy atom. The Morgan fingerprint density at radius 1 is 1.60 bits per heavy atom. The number of nitrogens with two attached hydrogens (primary N) is 1. The second-order valence-electron chi connectivity index (χ2n) is 3.11. The molecule has 1 amide bonds. The zero-order valence-electron chi connectivity index (χ0n) is 8.56. The van der Waals surface area contributed by atoms with Crippen LogP contribution < -0.4 is 16.8 Å².